The number of methoxy groups -OCH3 is 1. The van der Waals surface area contributed by atoms with Crippen molar-refractivity contribution in [1.29, 1.82) is 0 Å². The summed E-state index contributed by atoms with van der Waals surface area (Å²) in [5, 5.41) is 5.19. The minimum absolute atomic E-state index is 0.110. The number of nitrogens with zero attached hydrogens (tertiary/aromatic N) is 1. The highest BCUT2D eigenvalue weighted by Gasteiger charge is 2.15. The van der Waals surface area contributed by atoms with Gasteiger partial charge in [-0.3, -0.25) is 14.8 Å². The molecule has 0 bridgehead atoms. The number of carbonyl (C=O) groups excluding carboxylic acids is 1. The average Bonchev–Trinajstić information content (AvgIpc) is 3.32. The van der Waals surface area contributed by atoms with Crippen LogP contribution in [0.5, 0.6) is 5.75 Å². The van der Waals surface area contributed by atoms with Crippen molar-refractivity contribution >= 4 is 38.1 Å². The van der Waals surface area contributed by atoms with Crippen LogP contribution < -0.4 is 14.8 Å². The van der Waals surface area contributed by atoms with Crippen LogP contribution in [0.2, 0.25) is 0 Å². The molecule has 0 aliphatic carbocycles. The van der Waals surface area contributed by atoms with E-state index in [4.69, 9.17) is 4.74 Å². The second kappa shape index (κ2) is 10.3. The van der Waals surface area contributed by atoms with Gasteiger partial charge in [0.2, 0.25) is 0 Å². The van der Waals surface area contributed by atoms with Gasteiger partial charge in [-0.2, -0.15) is 0 Å². The zero-order chi connectivity index (χ0) is 25.0. The summed E-state index contributed by atoms with van der Waals surface area (Å²) >= 11 is 1.35. The number of hydrogen-bond donors (Lipinski definition) is 2. The Labute approximate surface area is 208 Å². The Kier molecular flexibility index (Phi) is 7.18. The van der Waals surface area contributed by atoms with E-state index < -0.39 is 10.0 Å². The zero-order valence-corrected chi connectivity index (χ0v) is 21.1. The first-order chi connectivity index (χ1) is 16.7. The SMILES string of the molecule is COc1ccc(S(=O)(=O)Nc2ccc(C(=O)Nc3nc(-c4ccc(C(C)C)cc4)cs3)cc2)cc1. The molecule has 0 saturated carbocycles. The lowest BCUT2D eigenvalue weighted by atomic mass is 10.0. The van der Waals surface area contributed by atoms with E-state index in [9.17, 15) is 13.2 Å². The van der Waals surface area contributed by atoms with Crippen LogP contribution in [0.1, 0.15) is 35.7 Å². The van der Waals surface area contributed by atoms with Gasteiger partial charge in [0.25, 0.3) is 15.9 Å². The van der Waals surface area contributed by atoms with E-state index >= 15 is 0 Å². The molecule has 1 heterocycles. The maximum atomic E-state index is 12.7. The lowest BCUT2D eigenvalue weighted by Gasteiger charge is -2.09. The number of thiazole rings is 1. The summed E-state index contributed by atoms with van der Waals surface area (Å²) in [5.41, 5.74) is 3.77. The highest BCUT2D eigenvalue weighted by atomic mass is 32.2. The van der Waals surface area contributed by atoms with Gasteiger partial charge in [0.15, 0.2) is 5.13 Å². The highest BCUT2D eigenvalue weighted by molar-refractivity contribution is 7.92. The normalized spacial score (nSPS) is 11.3. The van der Waals surface area contributed by atoms with Crippen molar-refractivity contribution in [3.05, 3.63) is 89.3 Å². The molecule has 1 aromatic heterocycles. The predicted octanol–water partition coefficient (Wildman–Crippen LogP) is 6.00. The molecule has 0 radical (unpaired) electrons. The number of nitrogens with one attached hydrogen (secondary N) is 2. The molecule has 7 nitrogen and oxygen atoms in total. The van der Waals surface area contributed by atoms with Crippen molar-refractivity contribution < 1.29 is 17.9 Å². The van der Waals surface area contributed by atoms with E-state index in [1.165, 1.54) is 36.1 Å². The van der Waals surface area contributed by atoms with E-state index in [0.29, 0.717) is 28.0 Å². The van der Waals surface area contributed by atoms with Crippen LogP contribution >= 0.6 is 11.3 Å². The maximum Gasteiger partial charge on any atom is 0.261 e. The van der Waals surface area contributed by atoms with Crippen molar-refractivity contribution in [3.63, 3.8) is 0 Å². The molecule has 0 fully saturated rings. The van der Waals surface area contributed by atoms with Gasteiger partial charge >= 0.3 is 0 Å². The number of aromatic nitrogens is 1. The van der Waals surface area contributed by atoms with Crippen LogP contribution in [-0.2, 0) is 10.0 Å². The van der Waals surface area contributed by atoms with Gasteiger partial charge in [-0.25, -0.2) is 13.4 Å². The third-order valence-electron chi connectivity index (χ3n) is 5.37. The molecule has 0 aliphatic rings. The molecule has 3 aromatic carbocycles. The largest absolute Gasteiger partial charge is 0.497 e. The Morgan fingerprint density at radius 1 is 0.943 bits per heavy atom. The monoisotopic (exact) mass is 507 g/mol. The molecule has 9 heteroatoms. The first-order valence-electron chi connectivity index (χ1n) is 10.9. The first kappa shape index (κ1) is 24.4. The van der Waals surface area contributed by atoms with Crippen LogP contribution in [0.4, 0.5) is 10.8 Å². The summed E-state index contributed by atoms with van der Waals surface area (Å²) in [4.78, 5) is 17.3. The fourth-order valence-electron chi connectivity index (χ4n) is 3.33. The molecule has 180 valence electrons. The van der Waals surface area contributed by atoms with E-state index in [2.05, 4.69) is 41.0 Å². The number of ether oxygens (including phenoxy) is 1. The summed E-state index contributed by atoms with van der Waals surface area (Å²) in [7, 11) is -2.25. The summed E-state index contributed by atoms with van der Waals surface area (Å²) in [6.45, 7) is 4.29. The van der Waals surface area contributed by atoms with Gasteiger partial charge in [0.1, 0.15) is 5.75 Å². The van der Waals surface area contributed by atoms with Crippen LogP contribution in [0.3, 0.4) is 0 Å². The van der Waals surface area contributed by atoms with Crippen LogP contribution in [0.15, 0.2) is 83.1 Å². The minimum Gasteiger partial charge on any atom is -0.497 e. The molecular weight excluding hydrogens is 482 g/mol. The third-order valence-corrected chi connectivity index (χ3v) is 7.52. The molecule has 0 unspecified atom stereocenters. The first-order valence-corrected chi connectivity index (χ1v) is 13.3. The molecule has 35 heavy (non-hydrogen) atoms. The topological polar surface area (TPSA) is 97.4 Å². The molecule has 0 atom stereocenters. The van der Waals surface area contributed by atoms with Crippen molar-refractivity contribution in [2.45, 2.75) is 24.7 Å². The van der Waals surface area contributed by atoms with E-state index in [0.717, 1.165) is 11.3 Å². The zero-order valence-electron chi connectivity index (χ0n) is 19.5. The molecule has 4 aromatic rings. The number of carbonyl (C=O) groups is 1. The minimum atomic E-state index is -3.77. The van der Waals surface area contributed by atoms with Crippen LogP contribution in [0.25, 0.3) is 11.3 Å². The second-order valence-corrected chi connectivity index (χ2v) is 10.7. The highest BCUT2D eigenvalue weighted by Crippen LogP contribution is 2.27. The van der Waals surface area contributed by atoms with Crippen LogP contribution in [0, 0.1) is 0 Å². The van der Waals surface area contributed by atoms with Gasteiger partial charge in [0, 0.05) is 22.2 Å². The molecule has 0 aliphatic heterocycles. The summed E-state index contributed by atoms with van der Waals surface area (Å²) < 4.78 is 32.8. The quantitative estimate of drug-likeness (QED) is 0.305. The van der Waals surface area contributed by atoms with Gasteiger partial charge in [0.05, 0.1) is 17.7 Å². The summed E-state index contributed by atoms with van der Waals surface area (Å²) in [6.07, 6.45) is 0. The summed E-state index contributed by atoms with van der Waals surface area (Å²) in [6, 6.07) is 20.5. The number of anilines is 2. The Morgan fingerprint density at radius 2 is 1.60 bits per heavy atom. The maximum absolute atomic E-state index is 12.7. The van der Waals surface area contributed by atoms with Crippen molar-refractivity contribution in [1.82, 2.24) is 4.98 Å². The Hall–Kier alpha value is -3.69. The molecule has 4 rings (SSSR count). The number of hydrogen-bond acceptors (Lipinski definition) is 6. The Balaban J connectivity index is 1.40. The smallest absolute Gasteiger partial charge is 0.261 e. The molecule has 0 spiro atoms. The van der Waals surface area contributed by atoms with E-state index in [1.807, 2.05) is 17.5 Å². The van der Waals surface area contributed by atoms with Gasteiger partial charge in [-0.1, -0.05) is 38.1 Å². The number of rotatable bonds is 8. The molecule has 0 saturated heterocycles. The van der Waals surface area contributed by atoms with E-state index in [-0.39, 0.29) is 10.8 Å². The van der Waals surface area contributed by atoms with Crippen molar-refractivity contribution in [2.24, 2.45) is 0 Å². The third kappa shape index (κ3) is 5.87. The molecule has 2 N–H and O–H groups in total. The predicted molar refractivity (Wildman–Crippen MR) is 140 cm³/mol. The second-order valence-electron chi connectivity index (χ2n) is 8.13. The van der Waals surface area contributed by atoms with Gasteiger partial charge in [-0.05, 0) is 60.0 Å². The molecular formula is C26H25N3O4S2. The Morgan fingerprint density at radius 3 is 2.20 bits per heavy atom. The standard InChI is InChI=1S/C26H25N3O4S2/c1-17(2)18-4-6-19(7-5-18)24-16-34-26(27-24)28-25(30)20-8-10-21(11-9-20)29-35(31,32)23-14-12-22(33-3)13-15-23/h4-17,29H,1-3H3,(H,27,28,30). The lowest BCUT2D eigenvalue weighted by Crippen LogP contribution is -2.14. The van der Waals surface area contributed by atoms with Crippen molar-refractivity contribution in [3.8, 4) is 17.0 Å². The fourth-order valence-corrected chi connectivity index (χ4v) is 5.10. The summed E-state index contributed by atoms with van der Waals surface area (Å²) in [5.74, 6) is 0.694. The lowest BCUT2D eigenvalue weighted by molar-refractivity contribution is 0.102. The molecule has 1 amide bonds. The fraction of sp³-hybridized carbons (Fsp3) is 0.154. The number of benzene rings is 3. The van der Waals surface area contributed by atoms with Gasteiger partial charge in [-0.15, -0.1) is 11.3 Å². The van der Waals surface area contributed by atoms with E-state index in [1.54, 1.807) is 36.4 Å². The van der Waals surface area contributed by atoms with Crippen LogP contribution in [-0.4, -0.2) is 26.4 Å². The number of amides is 1. The Bertz CT molecular complexity index is 1410. The average molecular weight is 508 g/mol. The van der Waals surface area contributed by atoms with Crippen molar-refractivity contribution in [2.75, 3.05) is 17.1 Å². The number of sulfonamides is 1. The van der Waals surface area contributed by atoms with Gasteiger partial charge < -0.3 is 4.74 Å².